The number of piperazine rings is 1. The molecule has 0 unspecified atom stereocenters. The van der Waals surface area contributed by atoms with Crippen LogP contribution in [-0.2, 0) is 0 Å². The van der Waals surface area contributed by atoms with Gasteiger partial charge in [-0.25, -0.2) is 9.97 Å². The molecule has 1 aromatic carbocycles. The molecule has 1 saturated heterocycles. The molecule has 4 aromatic rings. The van der Waals surface area contributed by atoms with Gasteiger partial charge in [0, 0.05) is 31.9 Å². The van der Waals surface area contributed by atoms with E-state index in [-0.39, 0.29) is 5.56 Å². The van der Waals surface area contributed by atoms with Gasteiger partial charge in [0.2, 0.25) is 0 Å². The lowest BCUT2D eigenvalue weighted by Crippen LogP contribution is -2.44. The fourth-order valence-electron chi connectivity index (χ4n) is 3.54. The molecule has 5 rings (SSSR count). The van der Waals surface area contributed by atoms with Crippen LogP contribution in [0.2, 0.25) is 0 Å². The number of thiazole rings is 1. The summed E-state index contributed by atoms with van der Waals surface area (Å²) in [5.74, 6) is 0.481. The van der Waals surface area contributed by atoms with Crippen LogP contribution < -0.4 is 16.2 Å². The highest BCUT2D eigenvalue weighted by Crippen LogP contribution is 2.31. The van der Waals surface area contributed by atoms with Gasteiger partial charge in [-0.3, -0.25) is 4.79 Å². The third kappa shape index (κ3) is 2.66. The molecule has 4 N–H and O–H groups in total. The molecule has 9 heteroatoms. The number of anilines is 2. The Labute approximate surface area is 158 Å². The average molecular weight is 381 g/mol. The van der Waals surface area contributed by atoms with E-state index in [1.807, 2.05) is 6.07 Å². The van der Waals surface area contributed by atoms with Crippen LogP contribution in [0.4, 0.5) is 11.4 Å². The van der Waals surface area contributed by atoms with E-state index in [1.165, 1.54) is 11.3 Å². The molecule has 0 spiro atoms. The number of nitrogens with two attached hydrogens (primary N) is 1. The van der Waals surface area contributed by atoms with Gasteiger partial charge in [-0.15, -0.1) is 11.3 Å². The molecule has 0 amide bonds. The summed E-state index contributed by atoms with van der Waals surface area (Å²) in [5, 5.41) is 0. The molecule has 4 heterocycles. The normalized spacial score (nSPS) is 15.8. The van der Waals surface area contributed by atoms with Gasteiger partial charge in [-0.05, 0) is 25.2 Å². The first kappa shape index (κ1) is 16.3. The van der Waals surface area contributed by atoms with Crippen molar-refractivity contribution in [2.24, 2.45) is 0 Å². The van der Waals surface area contributed by atoms with Crippen molar-refractivity contribution in [2.75, 3.05) is 43.9 Å². The Hall–Kier alpha value is -2.91. The van der Waals surface area contributed by atoms with Crippen LogP contribution in [0, 0.1) is 0 Å². The van der Waals surface area contributed by atoms with Crippen LogP contribution in [0.3, 0.4) is 0 Å². The van der Waals surface area contributed by atoms with E-state index in [4.69, 9.17) is 5.73 Å². The minimum atomic E-state index is -0.288. The summed E-state index contributed by atoms with van der Waals surface area (Å²) in [4.78, 5) is 32.0. The van der Waals surface area contributed by atoms with Crippen LogP contribution in [-0.4, -0.2) is 58.1 Å². The first-order valence-corrected chi connectivity index (χ1v) is 9.67. The number of hydrogen-bond donors (Lipinski definition) is 3. The molecular weight excluding hydrogens is 362 g/mol. The van der Waals surface area contributed by atoms with Crippen LogP contribution in [0.15, 0.2) is 28.5 Å². The first-order valence-electron chi connectivity index (χ1n) is 8.79. The van der Waals surface area contributed by atoms with Gasteiger partial charge in [-0.1, -0.05) is 0 Å². The number of nitrogens with zero attached hydrogens (tertiary/aromatic N) is 4. The zero-order valence-corrected chi connectivity index (χ0v) is 15.6. The van der Waals surface area contributed by atoms with Crippen molar-refractivity contribution < 1.29 is 0 Å². The molecule has 1 fully saturated rings. The molecule has 0 bridgehead atoms. The molecule has 1 aliphatic heterocycles. The van der Waals surface area contributed by atoms with Crippen LogP contribution in [0.5, 0.6) is 0 Å². The minimum absolute atomic E-state index is 0.288. The van der Waals surface area contributed by atoms with Gasteiger partial charge in [-0.2, -0.15) is 0 Å². The smallest absolute Gasteiger partial charge is 0.262 e. The van der Waals surface area contributed by atoms with E-state index in [0.717, 1.165) is 47.6 Å². The van der Waals surface area contributed by atoms with Crippen LogP contribution in [0.25, 0.3) is 32.8 Å². The lowest BCUT2D eigenvalue weighted by Gasteiger charge is -2.34. The first-order chi connectivity index (χ1) is 13.1. The fourth-order valence-corrected chi connectivity index (χ4v) is 4.25. The zero-order valence-electron chi connectivity index (χ0n) is 14.8. The Morgan fingerprint density at radius 2 is 2.00 bits per heavy atom. The molecule has 0 aliphatic carbocycles. The standard InChI is InChI=1S/C18H19N7OS/c1-24-4-6-25(7-5-24)10-2-3-11-12(8-10)22-16(21-11)13-14(19)15-17(20-9-27-15)23-18(13)26/h2-3,8-9H,4-7H2,1H3,(H,21,22)(H3,19,23,26). The fraction of sp³-hybridized carbons (Fsp3) is 0.278. The molecule has 27 heavy (non-hydrogen) atoms. The molecule has 3 aromatic heterocycles. The third-order valence-corrected chi connectivity index (χ3v) is 5.97. The highest BCUT2D eigenvalue weighted by molar-refractivity contribution is 7.17. The quantitative estimate of drug-likeness (QED) is 0.489. The predicted molar refractivity (Wildman–Crippen MR) is 109 cm³/mol. The number of imidazole rings is 1. The molecule has 0 saturated carbocycles. The van der Waals surface area contributed by atoms with Crippen molar-refractivity contribution in [3.05, 3.63) is 34.1 Å². The number of aromatic amines is 2. The second kappa shape index (κ2) is 6.07. The van der Waals surface area contributed by atoms with Crippen molar-refractivity contribution in [3.63, 3.8) is 0 Å². The predicted octanol–water partition coefficient (Wildman–Crippen LogP) is 1.86. The monoisotopic (exact) mass is 381 g/mol. The summed E-state index contributed by atoms with van der Waals surface area (Å²) in [6.07, 6.45) is 0. The zero-order chi connectivity index (χ0) is 18.5. The number of rotatable bonds is 2. The molecule has 138 valence electrons. The number of aromatic nitrogens is 4. The lowest BCUT2D eigenvalue weighted by atomic mass is 10.2. The summed E-state index contributed by atoms with van der Waals surface area (Å²) in [5.41, 5.74) is 11.8. The maximum Gasteiger partial charge on any atom is 0.262 e. The number of nitrogen functional groups attached to an aromatic ring is 1. The highest BCUT2D eigenvalue weighted by Gasteiger charge is 2.19. The topological polar surface area (TPSA) is 107 Å². The summed E-state index contributed by atoms with van der Waals surface area (Å²) in [7, 11) is 2.14. The van der Waals surface area contributed by atoms with Crippen molar-refractivity contribution in [2.45, 2.75) is 0 Å². The number of benzene rings is 1. The van der Waals surface area contributed by atoms with Gasteiger partial charge in [0.05, 0.1) is 26.9 Å². The van der Waals surface area contributed by atoms with E-state index in [9.17, 15) is 4.79 Å². The number of nitrogens with one attached hydrogen (secondary N) is 2. The third-order valence-electron chi connectivity index (χ3n) is 5.11. The minimum Gasteiger partial charge on any atom is -0.397 e. The summed E-state index contributed by atoms with van der Waals surface area (Å²) in [6.45, 7) is 4.09. The van der Waals surface area contributed by atoms with E-state index in [0.29, 0.717) is 22.7 Å². The van der Waals surface area contributed by atoms with Crippen molar-refractivity contribution in [1.82, 2.24) is 24.8 Å². The van der Waals surface area contributed by atoms with Crippen LogP contribution in [0.1, 0.15) is 0 Å². The highest BCUT2D eigenvalue weighted by atomic mass is 32.1. The van der Waals surface area contributed by atoms with Crippen molar-refractivity contribution in [1.29, 1.82) is 0 Å². The lowest BCUT2D eigenvalue weighted by molar-refractivity contribution is 0.313. The van der Waals surface area contributed by atoms with Gasteiger partial charge in [0.25, 0.3) is 5.56 Å². The average Bonchev–Trinajstić information content (AvgIpc) is 3.28. The second-order valence-electron chi connectivity index (χ2n) is 6.85. The van der Waals surface area contributed by atoms with E-state index < -0.39 is 0 Å². The summed E-state index contributed by atoms with van der Waals surface area (Å²) < 4.78 is 0.767. The van der Waals surface area contributed by atoms with Gasteiger partial charge < -0.3 is 25.5 Å². The SMILES string of the molecule is CN1CCN(c2ccc3nc(-c4c(N)c5scnc5[nH]c4=O)[nH]c3c2)CC1. The molecule has 8 nitrogen and oxygen atoms in total. The van der Waals surface area contributed by atoms with Gasteiger partial charge in [0.15, 0.2) is 5.65 Å². The number of fused-ring (bicyclic) bond motifs is 2. The Balaban J connectivity index is 1.58. The number of likely N-dealkylation sites (N-methyl/N-ethyl adjacent to an activating group) is 1. The molecular formula is C18H19N7OS. The van der Waals surface area contributed by atoms with Gasteiger partial charge in [0.1, 0.15) is 11.4 Å². The Morgan fingerprint density at radius 1 is 1.19 bits per heavy atom. The molecule has 0 atom stereocenters. The maximum atomic E-state index is 12.5. The number of H-pyrrole nitrogens is 2. The van der Waals surface area contributed by atoms with E-state index >= 15 is 0 Å². The second-order valence-corrected chi connectivity index (χ2v) is 7.70. The van der Waals surface area contributed by atoms with E-state index in [1.54, 1.807) is 5.51 Å². The van der Waals surface area contributed by atoms with Crippen molar-refractivity contribution >= 4 is 44.1 Å². The Kier molecular flexibility index (Phi) is 3.66. The largest absolute Gasteiger partial charge is 0.397 e. The van der Waals surface area contributed by atoms with Crippen LogP contribution >= 0.6 is 11.3 Å². The molecule has 1 aliphatic rings. The van der Waals surface area contributed by atoms with Crippen molar-refractivity contribution in [3.8, 4) is 11.4 Å². The summed E-state index contributed by atoms with van der Waals surface area (Å²) in [6, 6.07) is 6.16. The number of pyridine rings is 1. The Morgan fingerprint density at radius 3 is 2.81 bits per heavy atom. The summed E-state index contributed by atoms with van der Waals surface area (Å²) >= 11 is 1.40. The molecule has 0 radical (unpaired) electrons. The van der Waals surface area contributed by atoms with Gasteiger partial charge >= 0.3 is 0 Å². The number of hydrogen-bond acceptors (Lipinski definition) is 7. The maximum absolute atomic E-state index is 12.5. The van der Waals surface area contributed by atoms with E-state index in [2.05, 4.69) is 48.9 Å². The Bertz CT molecular complexity index is 1200.